The molecule has 0 bridgehead atoms. The highest BCUT2D eigenvalue weighted by Gasteiger charge is 2.17. The lowest BCUT2D eigenvalue weighted by atomic mass is 10.0. The number of hydrogen-bond acceptors (Lipinski definition) is 4. The van der Waals surface area contributed by atoms with E-state index in [0.717, 1.165) is 11.1 Å². The van der Waals surface area contributed by atoms with Crippen LogP contribution in [0.25, 0.3) is 11.1 Å². The van der Waals surface area contributed by atoms with Gasteiger partial charge in [-0.05, 0) is 16.7 Å². The van der Waals surface area contributed by atoms with Gasteiger partial charge in [0.1, 0.15) is 6.17 Å². The van der Waals surface area contributed by atoms with Crippen molar-refractivity contribution in [3.8, 4) is 11.1 Å². The highest BCUT2D eigenvalue weighted by molar-refractivity contribution is 5.71. The Morgan fingerprint density at radius 1 is 0.783 bits per heavy atom. The van der Waals surface area contributed by atoms with Gasteiger partial charge in [0.05, 0.1) is 14.2 Å². The van der Waals surface area contributed by atoms with E-state index in [1.54, 1.807) is 0 Å². The minimum Gasteiger partial charge on any atom is -0.453 e. The number of ether oxygens (including phenoxy) is 2. The standard InChI is InChI=1S/C17H18N2O4/c1-22-16(20)18-15(19-17(21)23-2)14-10-8-13(9-11-14)12-6-4-3-5-7-12/h3-11,15H,1-2H3,(H,18,20)(H,19,21). The summed E-state index contributed by atoms with van der Waals surface area (Å²) in [6.45, 7) is 0. The number of amides is 2. The molecule has 0 atom stereocenters. The molecule has 0 saturated carbocycles. The molecule has 2 rings (SSSR count). The number of hydrogen-bond donors (Lipinski definition) is 2. The molecule has 0 saturated heterocycles. The van der Waals surface area contributed by atoms with E-state index in [9.17, 15) is 9.59 Å². The quantitative estimate of drug-likeness (QED) is 0.850. The molecule has 0 aliphatic rings. The van der Waals surface area contributed by atoms with Crippen molar-refractivity contribution in [2.45, 2.75) is 6.17 Å². The van der Waals surface area contributed by atoms with E-state index in [4.69, 9.17) is 0 Å². The maximum Gasteiger partial charge on any atom is 0.408 e. The van der Waals surface area contributed by atoms with Crippen molar-refractivity contribution >= 4 is 12.2 Å². The SMILES string of the molecule is COC(=O)NC(NC(=O)OC)c1ccc(-c2ccccc2)cc1. The molecule has 2 N–H and O–H groups in total. The molecule has 6 heteroatoms. The van der Waals surface area contributed by atoms with Crippen LogP contribution in [-0.2, 0) is 9.47 Å². The van der Waals surface area contributed by atoms with E-state index in [1.807, 2.05) is 54.6 Å². The van der Waals surface area contributed by atoms with Gasteiger partial charge in [0, 0.05) is 0 Å². The van der Waals surface area contributed by atoms with Gasteiger partial charge in [-0.1, -0.05) is 54.6 Å². The minimum atomic E-state index is -0.750. The molecule has 2 aromatic carbocycles. The summed E-state index contributed by atoms with van der Waals surface area (Å²) < 4.78 is 9.14. The Morgan fingerprint density at radius 2 is 1.26 bits per heavy atom. The zero-order valence-corrected chi connectivity index (χ0v) is 12.9. The van der Waals surface area contributed by atoms with Crippen LogP contribution in [0.2, 0.25) is 0 Å². The fourth-order valence-electron chi connectivity index (χ4n) is 2.05. The number of nitrogens with one attached hydrogen (secondary N) is 2. The van der Waals surface area contributed by atoms with Crippen molar-refractivity contribution in [2.75, 3.05) is 14.2 Å². The fraction of sp³-hybridized carbons (Fsp3) is 0.176. The third-order valence-electron chi connectivity index (χ3n) is 3.25. The molecular weight excluding hydrogens is 296 g/mol. The van der Waals surface area contributed by atoms with E-state index < -0.39 is 18.4 Å². The van der Waals surface area contributed by atoms with Crippen molar-refractivity contribution in [1.82, 2.24) is 10.6 Å². The third kappa shape index (κ3) is 4.47. The molecule has 2 aromatic rings. The highest BCUT2D eigenvalue weighted by atomic mass is 16.5. The Bertz CT molecular complexity index is 638. The molecular formula is C17H18N2O4. The number of rotatable bonds is 4. The molecule has 6 nitrogen and oxygen atoms in total. The summed E-state index contributed by atoms with van der Waals surface area (Å²) in [5, 5.41) is 5.07. The molecule has 2 amide bonds. The summed E-state index contributed by atoms with van der Waals surface area (Å²) in [7, 11) is 2.51. The van der Waals surface area contributed by atoms with Crippen LogP contribution in [0, 0.1) is 0 Å². The average Bonchev–Trinajstić information content (AvgIpc) is 2.61. The molecule has 0 fully saturated rings. The molecule has 0 heterocycles. The Labute approximate surface area is 134 Å². The Morgan fingerprint density at radius 3 is 1.74 bits per heavy atom. The first kappa shape index (κ1) is 16.4. The normalized spacial score (nSPS) is 10.0. The average molecular weight is 314 g/mol. The summed E-state index contributed by atoms with van der Waals surface area (Å²) in [5.74, 6) is 0. The Hall–Kier alpha value is -3.02. The Balaban J connectivity index is 2.21. The van der Waals surface area contributed by atoms with Gasteiger partial charge in [-0.15, -0.1) is 0 Å². The predicted octanol–water partition coefficient (Wildman–Crippen LogP) is 3.06. The zero-order chi connectivity index (χ0) is 16.7. The van der Waals surface area contributed by atoms with Crippen LogP contribution in [0.15, 0.2) is 54.6 Å². The predicted molar refractivity (Wildman–Crippen MR) is 85.7 cm³/mol. The topological polar surface area (TPSA) is 76.7 Å². The van der Waals surface area contributed by atoms with Crippen LogP contribution >= 0.6 is 0 Å². The van der Waals surface area contributed by atoms with Gasteiger partial charge in [0.25, 0.3) is 0 Å². The van der Waals surface area contributed by atoms with Gasteiger partial charge in [0.2, 0.25) is 0 Å². The summed E-state index contributed by atoms with van der Waals surface area (Å²) in [5.41, 5.74) is 2.81. The first-order chi connectivity index (χ1) is 11.1. The van der Waals surface area contributed by atoms with Crippen molar-refractivity contribution in [3.63, 3.8) is 0 Å². The third-order valence-corrected chi connectivity index (χ3v) is 3.25. The summed E-state index contributed by atoms with van der Waals surface area (Å²) in [6, 6.07) is 17.3. The molecule has 0 spiro atoms. The van der Waals surface area contributed by atoms with Crippen LogP contribution in [0.3, 0.4) is 0 Å². The largest absolute Gasteiger partial charge is 0.453 e. The van der Waals surface area contributed by atoms with Crippen molar-refractivity contribution < 1.29 is 19.1 Å². The number of alkyl carbamates (subject to hydrolysis) is 2. The van der Waals surface area contributed by atoms with Gasteiger partial charge in [-0.2, -0.15) is 0 Å². The van der Waals surface area contributed by atoms with Gasteiger partial charge in [0.15, 0.2) is 0 Å². The van der Waals surface area contributed by atoms with Crippen molar-refractivity contribution in [3.05, 3.63) is 60.2 Å². The lowest BCUT2D eigenvalue weighted by Crippen LogP contribution is -2.41. The molecule has 0 aliphatic carbocycles. The van der Waals surface area contributed by atoms with E-state index in [2.05, 4.69) is 20.1 Å². The molecule has 0 aromatic heterocycles. The fourth-order valence-corrected chi connectivity index (χ4v) is 2.05. The Kier molecular flexibility index (Phi) is 5.57. The summed E-state index contributed by atoms with van der Waals surface area (Å²) >= 11 is 0. The van der Waals surface area contributed by atoms with E-state index >= 15 is 0 Å². The van der Waals surface area contributed by atoms with Crippen LogP contribution < -0.4 is 10.6 Å². The summed E-state index contributed by atoms with van der Waals surface area (Å²) in [4.78, 5) is 22.9. The van der Waals surface area contributed by atoms with E-state index in [0.29, 0.717) is 5.56 Å². The number of methoxy groups -OCH3 is 2. The van der Waals surface area contributed by atoms with Gasteiger partial charge in [-0.25, -0.2) is 9.59 Å². The first-order valence-corrected chi connectivity index (χ1v) is 6.98. The number of carbonyl (C=O) groups excluding carboxylic acids is 2. The lowest BCUT2D eigenvalue weighted by Gasteiger charge is -2.19. The highest BCUT2D eigenvalue weighted by Crippen LogP contribution is 2.21. The smallest absolute Gasteiger partial charge is 0.408 e. The lowest BCUT2D eigenvalue weighted by molar-refractivity contribution is 0.153. The first-order valence-electron chi connectivity index (χ1n) is 6.98. The van der Waals surface area contributed by atoms with Gasteiger partial charge < -0.3 is 9.47 Å². The molecule has 23 heavy (non-hydrogen) atoms. The van der Waals surface area contributed by atoms with E-state index in [-0.39, 0.29) is 0 Å². The number of carbonyl (C=O) groups is 2. The van der Waals surface area contributed by atoms with Crippen LogP contribution in [0.5, 0.6) is 0 Å². The summed E-state index contributed by atoms with van der Waals surface area (Å²) in [6.07, 6.45) is -2.06. The molecule has 0 radical (unpaired) electrons. The van der Waals surface area contributed by atoms with Crippen molar-refractivity contribution in [1.29, 1.82) is 0 Å². The maximum atomic E-state index is 11.4. The molecule has 0 aliphatic heterocycles. The van der Waals surface area contributed by atoms with Crippen LogP contribution in [0.1, 0.15) is 11.7 Å². The number of benzene rings is 2. The monoisotopic (exact) mass is 314 g/mol. The maximum absolute atomic E-state index is 11.4. The van der Waals surface area contributed by atoms with Gasteiger partial charge >= 0.3 is 12.2 Å². The zero-order valence-electron chi connectivity index (χ0n) is 12.9. The molecule has 120 valence electrons. The van der Waals surface area contributed by atoms with Crippen molar-refractivity contribution in [2.24, 2.45) is 0 Å². The minimum absolute atomic E-state index is 0.654. The second-order valence-corrected chi connectivity index (χ2v) is 4.69. The molecule has 0 unspecified atom stereocenters. The van der Waals surface area contributed by atoms with Gasteiger partial charge in [-0.3, -0.25) is 10.6 Å². The van der Waals surface area contributed by atoms with Crippen LogP contribution in [-0.4, -0.2) is 26.4 Å². The van der Waals surface area contributed by atoms with Crippen LogP contribution in [0.4, 0.5) is 9.59 Å². The second kappa shape index (κ2) is 7.84. The van der Waals surface area contributed by atoms with E-state index in [1.165, 1.54) is 14.2 Å². The second-order valence-electron chi connectivity index (χ2n) is 4.69.